The third-order valence-corrected chi connectivity index (χ3v) is 5.04. The summed E-state index contributed by atoms with van der Waals surface area (Å²) in [5.41, 5.74) is 0.815. The van der Waals surface area contributed by atoms with Gasteiger partial charge < -0.3 is 15.0 Å². The molecule has 0 saturated heterocycles. The predicted molar refractivity (Wildman–Crippen MR) is 99.0 cm³/mol. The second kappa shape index (κ2) is 8.48. The Morgan fingerprint density at radius 2 is 2.14 bits per heavy atom. The summed E-state index contributed by atoms with van der Waals surface area (Å²) in [4.78, 5) is 3.38. The first-order valence-corrected chi connectivity index (χ1v) is 8.64. The van der Waals surface area contributed by atoms with Gasteiger partial charge in [0.25, 0.3) is 0 Å². The summed E-state index contributed by atoms with van der Waals surface area (Å²) < 4.78 is 5.21. The van der Waals surface area contributed by atoms with Gasteiger partial charge in [0.15, 0.2) is 5.11 Å². The molecule has 0 amide bonds. The number of nitrogens with one attached hydrogen (secondary N) is 1. The lowest BCUT2D eigenvalue weighted by molar-refractivity contribution is 0.166. The molecule has 0 spiro atoms. The van der Waals surface area contributed by atoms with Crippen molar-refractivity contribution >= 4 is 46.0 Å². The van der Waals surface area contributed by atoms with E-state index in [2.05, 4.69) is 34.7 Å². The lowest BCUT2D eigenvalue weighted by Crippen LogP contribution is -2.38. The van der Waals surface area contributed by atoms with E-state index in [1.807, 2.05) is 24.3 Å². The van der Waals surface area contributed by atoms with Crippen LogP contribution in [0.5, 0.6) is 0 Å². The summed E-state index contributed by atoms with van der Waals surface area (Å²) >= 11 is 13.5. The molecule has 22 heavy (non-hydrogen) atoms. The second-order valence-electron chi connectivity index (χ2n) is 4.79. The molecule has 1 atom stereocenters. The SMILES string of the molecule is COCCN(C(=S)Nc1ccccc1Cl)[C@H](C)c1cccs1. The van der Waals surface area contributed by atoms with Crippen LogP contribution in [0.15, 0.2) is 41.8 Å². The van der Waals surface area contributed by atoms with Crippen LogP contribution < -0.4 is 5.32 Å². The number of para-hydroxylation sites is 1. The van der Waals surface area contributed by atoms with Gasteiger partial charge in [0, 0.05) is 18.5 Å². The molecule has 0 saturated carbocycles. The van der Waals surface area contributed by atoms with Crippen LogP contribution in [0, 0.1) is 0 Å². The van der Waals surface area contributed by atoms with E-state index in [-0.39, 0.29) is 6.04 Å². The molecule has 1 aromatic carbocycles. The summed E-state index contributed by atoms with van der Waals surface area (Å²) in [7, 11) is 1.69. The molecule has 0 aliphatic rings. The number of benzene rings is 1. The number of rotatable bonds is 6. The fourth-order valence-corrected chi connectivity index (χ4v) is 3.43. The van der Waals surface area contributed by atoms with Crippen molar-refractivity contribution in [2.45, 2.75) is 13.0 Å². The van der Waals surface area contributed by atoms with E-state index >= 15 is 0 Å². The summed E-state index contributed by atoms with van der Waals surface area (Å²) in [6.45, 7) is 3.47. The Morgan fingerprint density at radius 1 is 1.36 bits per heavy atom. The quantitative estimate of drug-likeness (QED) is 0.752. The molecule has 0 fully saturated rings. The Balaban J connectivity index is 2.14. The lowest BCUT2D eigenvalue weighted by Gasteiger charge is -2.31. The number of thiophene rings is 1. The van der Waals surface area contributed by atoms with E-state index in [1.165, 1.54) is 4.88 Å². The maximum atomic E-state index is 6.19. The fourth-order valence-electron chi connectivity index (χ4n) is 2.09. The molecule has 0 radical (unpaired) electrons. The van der Waals surface area contributed by atoms with E-state index in [1.54, 1.807) is 18.4 Å². The average Bonchev–Trinajstić information content (AvgIpc) is 3.04. The molecule has 0 bridgehead atoms. The van der Waals surface area contributed by atoms with Gasteiger partial charge in [-0.25, -0.2) is 0 Å². The Bertz CT molecular complexity index is 604. The van der Waals surface area contributed by atoms with Crippen molar-refractivity contribution in [3.63, 3.8) is 0 Å². The minimum atomic E-state index is 0.178. The summed E-state index contributed by atoms with van der Waals surface area (Å²) in [5, 5.41) is 6.61. The van der Waals surface area contributed by atoms with E-state index in [0.717, 1.165) is 5.69 Å². The molecule has 118 valence electrons. The lowest BCUT2D eigenvalue weighted by atomic mass is 10.2. The second-order valence-corrected chi connectivity index (χ2v) is 6.56. The van der Waals surface area contributed by atoms with Gasteiger partial charge in [-0.3, -0.25) is 0 Å². The van der Waals surface area contributed by atoms with Gasteiger partial charge in [0.2, 0.25) is 0 Å². The molecule has 0 unspecified atom stereocenters. The number of hydrogen-bond acceptors (Lipinski definition) is 3. The first kappa shape index (κ1) is 17.2. The Morgan fingerprint density at radius 3 is 2.77 bits per heavy atom. The molecule has 1 N–H and O–H groups in total. The standard InChI is InChI=1S/C16H19ClN2OS2/c1-12(15-8-5-11-22-15)19(9-10-20-2)16(21)18-14-7-4-3-6-13(14)17/h3-8,11-12H,9-10H2,1-2H3,(H,18,21)/t12-/m1/s1. The zero-order chi connectivity index (χ0) is 15.9. The zero-order valence-electron chi connectivity index (χ0n) is 12.6. The minimum Gasteiger partial charge on any atom is -0.383 e. The molecule has 0 aliphatic heterocycles. The van der Waals surface area contributed by atoms with Crippen molar-refractivity contribution in [2.75, 3.05) is 25.6 Å². The number of methoxy groups -OCH3 is 1. The molecule has 1 aromatic heterocycles. The molecule has 0 aliphatic carbocycles. The van der Waals surface area contributed by atoms with E-state index < -0.39 is 0 Å². The minimum absolute atomic E-state index is 0.178. The molecular weight excluding hydrogens is 336 g/mol. The number of ether oxygens (including phenoxy) is 1. The highest BCUT2D eigenvalue weighted by atomic mass is 35.5. The van der Waals surface area contributed by atoms with Crippen LogP contribution in [0.2, 0.25) is 5.02 Å². The van der Waals surface area contributed by atoms with Gasteiger partial charge in [0.1, 0.15) is 0 Å². The van der Waals surface area contributed by atoms with Gasteiger partial charge >= 0.3 is 0 Å². The Kier molecular flexibility index (Phi) is 6.64. The van der Waals surface area contributed by atoms with Crippen LogP contribution in [0.4, 0.5) is 5.69 Å². The van der Waals surface area contributed by atoms with Crippen molar-refractivity contribution in [2.24, 2.45) is 0 Å². The maximum Gasteiger partial charge on any atom is 0.174 e. The van der Waals surface area contributed by atoms with Crippen LogP contribution in [0.3, 0.4) is 0 Å². The topological polar surface area (TPSA) is 24.5 Å². The number of hydrogen-bond donors (Lipinski definition) is 1. The van der Waals surface area contributed by atoms with Crippen molar-refractivity contribution in [1.29, 1.82) is 0 Å². The Hall–Kier alpha value is -1.14. The van der Waals surface area contributed by atoms with Gasteiger partial charge in [-0.15, -0.1) is 11.3 Å². The van der Waals surface area contributed by atoms with Crippen LogP contribution in [0.1, 0.15) is 17.8 Å². The summed E-state index contributed by atoms with van der Waals surface area (Å²) in [5.74, 6) is 0. The smallest absolute Gasteiger partial charge is 0.174 e. The molecule has 2 aromatic rings. The zero-order valence-corrected chi connectivity index (χ0v) is 15.0. The summed E-state index contributed by atoms with van der Waals surface area (Å²) in [6.07, 6.45) is 0. The molecule has 2 rings (SSSR count). The van der Waals surface area contributed by atoms with Crippen molar-refractivity contribution in [1.82, 2.24) is 4.90 Å². The number of nitrogens with zero attached hydrogens (tertiary/aromatic N) is 1. The van der Waals surface area contributed by atoms with Crippen molar-refractivity contribution in [3.8, 4) is 0 Å². The van der Waals surface area contributed by atoms with Gasteiger partial charge in [0.05, 0.1) is 23.4 Å². The van der Waals surface area contributed by atoms with E-state index in [0.29, 0.717) is 23.3 Å². The van der Waals surface area contributed by atoms with Gasteiger partial charge in [-0.05, 0) is 42.7 Å². The van der Waals surface area contributed by atoms with E-state index in [4.69, 9.17) is 28.6 Å². The van der Waals surface area contributed by atoms with Crippen LogP contribution in [-0.4, -0.2) is 30.3 Å². The first-order chi connectivity index (χ1) is 10.6. The van der Waals surface area contributed by atoms with E-state index in [9.17, 15) is 0 Å². The first-order valence-electron chi connectivity index (χ1n) is 6.98. The number of thiocarbonyl (C=S) groups is 1. The van der Waals surface area contributed by atoms with Gasteiger partial charge in [-0.1, -0.05) is 29.8 Å². The largest absolute Gasteiger partial charge is 0.383 e. The van der Waals surface area contributed by atoms with Gasteiger partial charge in [-0.2, -0.15) is 0 Å². The highest BCUT2D eigenvalue weighted by Crippen LogP contribution is 2.26. The third-order valence-electron chi connectivity index (χ3n) is 3.34. The predicted octanol–water partition coefficient (Wildman–Crippen LogP) is 4.81. The van der Waals surface area contributed by atoms with Crippen molar-refractivity contribution in [3.05, 3.63) is 51.7 Å². The number of halogens is 1. The third kappa shape index (κ3) is 4.43. The average molecular weight is 355 g/mol. The molecular formula is C16H19ClN2OS2. The van der Waals surface area contributed by atoms with Crippen LogP contribution in [0.25, 0.3) is 0 Å². The molecule has 6 heteroatoms. The Labute approximate surface area is 145 Å². The van der Waals surface area contributed by atoms with Crippen LogP contribution >= 0.6 is 35.2 Å². The highest BCUT2D eigenvalue weighted by molar-refractivity contribution is 7.80. The molecule has 3 nitrogen and oxygen atoms in total. The fraction of sp³-hybridized carbons (Fsp3) is 0.312. The summed E-state index contributed by atoms with van der Waals surface area (Å²) in [6, 6.07) is 11.9. The van der Waals surface area contributed by atoms with Crippen LogP contribution in [-0.2, 0) is 4.74 Å². The normalized spacial score (nSPS) is 12.0. The molecule has 1 heterocycles. The maximum absolute atomic E-state index is 6.19. The monoisotopic (exact) mass is 354 g/mol. The highest BCUT2D eigenvalue weighted by Gasteiger charge is 2.19. The number of anilines is 1. The van der Waals surface area contributed by atoms with Crippen molar-refractivity contribution < 1.29 is 4.74 Å².